The minimum atomic E-state index is -4.00. The number of anilines is 2. The van der Waals surface area contributed by atoms with Crippen LogP contribution in [0.15, 0.2) is 65.6 Å². The number of benzene rings is 3. The highest BCUT2D eigenvalue weighted by Gasteiger charge is 2.18. The van der Waals surface area contributed by atoms with E-state index in [-0.39, 0.29) is 21.2 Å². The van der Waals surface area contributed by atoms with Crippen LogP contribution in [0.2, 0.25) is 5.02 Å². The monoisotopic (exact) mass is 432 g/mol. The van der Waals surface area contributed by atoms with Crippen LogP contribution in [0.4, 0.5) is 15.8 Å². The molecule has 0 fully saturated rings. The lowest BCUT2D eigenvalue weighted by Gasteiger charge is -2.13. The second-order valence-electron chi connectivity index (χ2n) is 6.53. The van der Waals surface area contributed by atoms with E-state index in [0.717, 1.165) is 35.4 Å². The van der Waals surface area contributed by atoms with Gasteiger partial charge in [0.25, 0.3) is 15.9 Å². The lowest BCUT2D eigenvalue weighted by Crippen LogP contribution is -2.16. The van der Waals surface area contributed by atoms with Crippen LogP contribution in [-0.4, -0.2) is 14.3 Å². The molecule has 0 aliphatic carbocycles. The van der Waals surface area contributed by atoms with Gasteiger partial charge >= 0.3 is 0 Å². The zero-order valence-corrected chi connectivity index (χ0v) is 17.2. The average Bonchev–Trinajstić information content (AvgIpc) is 2.66. The SMILES string of the molecule is Cc1ccc(C)c(NC(=O)c2ccc(Cl)c(NS(=O)(=O)c3ccc(F)cc3)c2)c1. The standard InChI is InChI=1S/C21H18ClFN2O3S/c1-13-3-4-14(2)19(11-13)24-21(26)15-5-10-18(22)20(12-15)25-29(27,28)17-8-6-16(23)7-9-17/h3-12,25H,1-2H3,(H,24,26). The van der Waals surface area contributed by atoms with Gasteiger partial charge in [-0.3, -0.25) is 9.52 Å². The number of hydrogen-bond donors (Lipinski definition) is 2. The smallest absolute Gasteiger partial charge is 0.261 e. The molecule has 0 aliphatic heterocycles. The molecule has 0 saturated heterocycles. The Kier molecular flexibility index (Phi) is 5.91. The number of nitrogens with one attached hydrogen (secondary N) is 2. The number of hydrogen-bond acceptors (Lipinski definition) is 3. The van der Waals surface area contributed by atoms with Crippen molar-refractivity contribution in [2.24, 2.45) is 0 Å². The molecule has 0 aromatic heterocycles. The number of rotatable bonds is 5. The summed E-state index contributed by atoms with van der Waals surface area (Å²) in [7, 11) is -4.00. The molecule has 0 bridgehead atoms. The Morgan fingerprint density at radius 1 is 0.931 bits per heavy atom. The van der Waals surface area contributed by atoms with Crippen molar-refractivity contribution in [3.05, 3.63) is 88.2 Å². The quantitative estimate of drug-likeness (QED) is 0.585. The van der Waals surface area contributed by atoms with Crippen LogP contribution >= 0.6 is 11.6 Å². The molecule has 0 spiro atoms. The van der Waals surface area contributed by atoms with Gasteiger partial charge in [-0.15, -0.1) is 0 Å². The van der Waals surface area contributed by atoms with Gasteiger partial charge in [-0.1, -0.05) is 23.7 Å². The van der Waals surface area contributed by atoms with Gasteiger partial charge in [0.1, 0.15) is 5.82 Å². The number of aryl methyl sites for hydroxylation is 2. The number of amides is 1. The van der Waals surface area contributed by atoms with E-state index in [1.54, 1.807) is 0 Å². The minimum Gasteiger partial charge on any atom is -0.322 e. The van der Waals surface area contributed by atoms with Crippen molar-refractivity contribution >= 4 is 38.9 Å². The van der Waals surface area contributed by atoms with Crippen LogP contribution in [0.25, 0.3) is 0 Å². The molecular weight excluding hydrogens is 415 g/mol. The Balaban J connectivity index is 1.87. The van der Waals surface area contributed by atoms with E-state index in [0.29, 0.717) is 5.69 Å². The summed E-state index contributed by atoms with van der Waals surface area (Å²) in [6.07, 6.45) is 0. The third-order valence-corrected chi connectivity index (χ3v) is 5.95. The number of carbonyl (C=O) groups is 1. The summed E-state index contributed by atoms with van der Waals surface area (Å²) in [5, 5.41) is 2.94. The molecule has 0 atom stereocenters. The van der Waals surface area contributed by atoms with Gasteiger partial charge in [0.2, 0.25) is 0 Å². The molecule has 150 valence electrons. The largest absolute Gasteiger partial charge is 0.322 e. The molecule has 3 aromatic rings. The van der Waals surface area contributed by atoms with Gasteiger partial charge in [-0.2, -0.15) is 0 Å². The Labute approximate surface area is 173 Å². The molecule has 0 heterocycles. The van der Waals surface area contributed by atoms with Crippen LogP contribution in [0.5, 0.6) is 0 Å². The summed E-state index contributed by atoms with van der Waals surface area (Å²) in [5.74, 6) is -0.954. The van der Waals surface area contributed by atoms with E-state index < -0.39 is 21.7 Å². The summed E-state index contributed by atoms with van der Waals surface area (Å²) >= 11 is 6.11. The first kappa shape index (κ1) is 20.8. The molecule has 5 nitrogen and oxygen atoms in total. The summed E-state index contributed by atoms with van der Waals surface area (Å²) in [6.45, 7) is 3.79. The molecule has 8 heteroatoms. The van der Waals surface area contributed by atoms with Crippen LogP contribution in [0.1, 0.15) is 21.5 Å². The lowest BCUT2D eigenvalue weighted by molar-refractivity contribution is 0.102. The highest BCUT2D eigenvalue weighted by molar-refractivity contribution is 7.92. The van der Waals surface area contributed by atoms with Crippen molar-refractivity contribution < 1.29 is 17.6 Å². The fourth-order valence-corrected chi connectivity index (χ4v) is 3.92. The van der Waals surface area contributed by atoms with Crippen LogP contribution in [-0.2, 0) is 10.0 Å². The Morgan fingerprint density at radius 3 is 2.31 bits per heavy atom. The third kappa shape index (κ3) is 4.93. The van der Waals surface area contributed by atoms with E-state index >= 15 is 0 Å². The number of sulfonamides is 1. The van der Waals surface area contributed by atoms with Gasteiger partial charge < -0.3 is 5.32 Å². The van der Waals surface area contributed by atoms with Crippen molar-refractivity contribution in [1.82, 2.24) is 0 Å². The van der Waals surface area contributed by atoms with Crippen molar-refractivity contribution in [2.45, 2.75) is 18.7 Å². The fourth-order valence-electron chi connectivity index (χ4n) is 2.63. The van der Waals surface area contributed by atoms with Crippen molar-refractivity contribution in [3.8, 4) is 0 Å². The van der Waals surface area contributed by atoms with Crippen molar-refractivity contribution in [2.75, 3.05) is 10.0 Å². The molecule has 0 aliphatic rings. The molecule has 2 N–H and O–H groups in total. The molecule has 29 heavy (non-hydrogen) atoms. The highest BCUT2D eigenvalue weighted by Crippen LogP contribution is 2.27. The van der Waals surface area contributed by atoms with Gasteiger partial charge in [0.15, 0.2) is 0 Å². The fraction of sp³-hybridized carbons (Fsp3) is 0.0952. The highest BCUT2D eigenvalue weighted by atomic mass is 35.5. The first-order valence-electron chi connectivity index (χ1n) is 8.62. The van der Waals surface area contributed by atoms with Crippen LogP contribution in [0, 0.1) is 19.7 Å². The zero-order valence-electron chi connectivity index (χ0n) is 15.7. The summed E-state index contributed by atoms with van der Waals surface area (Å²) in [4.78, 5) is 12.5. The predicted molar refractivity (Wildman–Crippen MR) is 113 cm³/mol. The first-order valence-corrected chi connectivity index (χ1v) is 10.5. The second kappa shape index (κ2) is 8.23. The van der Waals surface area contributed by atoms with Gasteiger partial charge in [0.05, 0.1) is 15.6 Å². The zero-order chi connectivity index (χ0) is 21.2. The Morgan fingerprint density at radius 2 is 1.62 bits per heavy atom. The van der Waals surface area contributed by atoms with Crippen LogP contribution in [0.3, 0.4) is 0 Å². The number of carbonyl (C=O) groups excluding carboxylic acids is 1. The second-order valence-corrected chi connectivity index (χ2v) is 8.62. The summed E-state index contributed by atoms with van der Waals surface area (Å²) < 4.78 is 40.5. The third-order valence-electron chi connectivity index (χ3n) is 4.24. The first-order chi connectivity index (χ1) is 13.7. The maximum atomic E-state index is 13.1. The van der Waals surface area contributed by atoms with Crippen molar-refractivity contribution in [3.63, 3.8) is 0 Å². The van der Waals surface area contributed by atoms with E-state index in [4.69, 9.17) is 11.6 Å². The summed E-state index contributed by atoms with van der Waals surface area (Å²) in [6, 6.07) is 14.3. The van der Waals surface area contributed by atoms with Gasteiger partial charge in [-0.25, -0.2) is 12.8 Å². The molecule has 3 aromatic carbocycles. The van der Waals surface area contributed by atoms with E-state index in [9.17, 15) is 17.6 Å². The Hall–Kier alpha value is -2.90. The molecule has 3 rings (SSSR count). The summed E-state index contributed by atoms with van der Waals surface area (Å²) in [5.41, 5.74) is 2.83. The normalized spacial score (nSPS) is 11.2. The minimum absolute atomic E-state index is 0.0459. The van der Waals surface area contributed by atoms with Crippen LogP contribution < -0.4 is 10.0 Å². The lowest BCUT2D eigenvalue weighted by atomic mass is 10.1. The van der Waals surface area contributed by atoms with E-state index in [2.05, 4.69) is 10.0 Å². The predicted octanol–water partition coefficient (Wildman–Crippen LogP) is 5.15. The van der Waals surface area contributed by atoms with Crippen molar-refractivity contribution in [1.29, 1.82) is 0 Å². The van der Waals surface area contributed by atoms with E-state index in [1.165, 1.54) is 18.2 Å². The number of halogens is 2. The topological polar surface area (TPSA) is 75.3 Å². The van der Waals surface area contributed by atoms with Gasteiger partial charge in [-0.05, 0) is 73.5 Å². The average molecular weight is 433 g/mol. The molecule has 0 unspecified atom stereocenters. The molecule has 0 saturated carbocycles. The van der Waals surface area contributed by atoms with Gasteiger partial charge in [0, 0.05) is 11.3 Å². The molecule has 1 amide bonds. The molecular formula is C21H18ClFN2O3S. The Bertz CT molecular complexity index is 1180. The maximum absolute atomic E-state index is 13.1. The maximum Gasteiger partial charge on any atom is 0.261 e. The molecule has 0 radical (unpaired) electrons. The van der Waals surface area contributed by atoms with E-state index in [1.807, 2.05) is 32.0 Å².